The first-order chi connectivity index (χ1) is 10.1. The summed E-state index contributed by atoms with van der Waals surface area (Å²) < 4.78 is 5.75. The number of thiocarbonyl (C=S) groups is 1. The maximum Gasteiger partial charge on any atom is 0.272 e. The smallest absolute Gasteiger partial charge is 0.272 e. The van der Waals surface area contributed by atoms with Gasteiger partial charge < -0.3 is 15.4 Å². The maximum atomic E-state index is 12.4. The molecule has 21 heavy (non-hydrogen) atoms. The predicted octanol–water partition coefficient (Wildman–Crippen LogP) is 1.75. The van der Waals surface area contributed by atoms with Gasteiger partial charge in [0.1, 0.15) is 10.7 Å². The number of pyridine rings is 1. The molecule has 1 aromatic rings. The van der Waals surface area contributed by atoms with Gasteiger partial charge in [0.2, 0.25) is 0 Å². The van der Waals surface area contributed by atoms with Gasteiger partial charge in [0.05, 0.1) is 6.10 Å². The first-order valence-electron chi connectivity index (χ1n) is 7.28. The van der Waals surface area contributed by atoms with Crippen molar-refractivity contribution in [3.05, 3.63) is 29.6 Å². The summed E-state index contributed by atoms with van der Waals surface area (Å²) in [4.78, 5) is 18.7. The predicted molar refractivity (Wildman–Crippen MR) is 85.3 cm³/mol. The zero-order chi connectivity index (χ0) is 15.2. The number of carbonyl (C=O) groups excluding carboxylic acids is 1. The highest BCUT2D eigenvalue weighted by Gasteiger charge is 2.25. The van der Waals surface area contributed by atoms with Crippen LogP contribution >= 0.6 is 12.2 Å². The van der Waals surface area contributed by atoms with Crippen molar-refractivity contribution in [2.45, 2.75) is 32.3 Å². The van der Waals surface area contributed by atoms with E-state index in [2.05, 4.69) is 11.9 Å². The molecule has 1 aromatic heterocycles. The molecule has 114 valence electrons. The number of rotatable bonds is 5. The topological polar surface area (TPSA) is 68.5 Å². The van der Waals surface area contributed by atoms with E-state index >= 15 is 0 Å². The number of amides is 1. The van der Waals surface area contributed by atoms with Crippen LogP contribution in [-0.4, -0.2) is 46.6 Å². The summed E-state index contributed by atoms with van der Waals surface area (Å²) >= 11 is 4.88. The second-order valence-corrected chi connectivity index (χ2v) is 5.62. The van der Waals surface area contributed by atoms with Crippen LogP contribution in [0.1, 0.15) is 42.2 Å². The minimum absolute atomic E-state index is 0.0608. The molecule has 1 aliphatic heterocycles. The van der Waals surface area contributed by atoms with E-state index in [-0.39, 0.29) is 17.0 Å². The Morgan fingerprint density at radius 3 is 3.00 bits per heavy atom. The van der Waals surface area contributed by atoms with E-state index in [1.54, 1.807) is 18.3 Å². The molecule has 2 N–H and O–H groups in total. The minimum atomic E-state index is -0.0608. The van der Waals surface area contributed by atoms with Crippen LogP contribution in [0.4, 0.5) is 0 Å². The Bertz CT molecular complexity index is 504. The molecule has 2 rings (SSSR count). The van der Waals surface area contributed by atoms with Crippen molar-refractivity contribution >= 4 is 23.1 Å². The third-order valence-electron chi connectivity index (χ3n) is 3.49. The molecule has 2 heterocycles. The van der Waals surface area contributed by atoms with E-state index in [4.69, 9.17) is 22.7 Å². The van der Waals surface area contributed by atoms with Crippen LogP contribution in [0.2, 0.25) is 0 Å². The molecule has 1 unspecified atom stereocenters. The van der Waals surface area contributed by atoms with Crippen LogP contribution in [-0.2, 0) is 4.74 Å². The molecule has 0 saturated carbocycles. The fraction of sp³-hybridized carbons (Fsp3) is 0.533. The van der Waals surface area contributed by atoms with E-state index in [1.165, 1.54) is 0 Å². The van der Waals surface area contributed by atoms with Crippen LogP contribution in [0, 0.1) is 0 Å². The Kier molecular flexibility index (Phi) is 5.64. The molecule has 1 amide bonds. The number of carbonyl (C=O) groups is 1. The summed E-state index contributed by atoms with van der Waals surface area (Å²) in [6.45, 7) is 4.22. The summed E-state index contributed by atoms with van der Waals surface area (Å²) in [5.74, 6) is -0.0608. The average Bonchev–Trinajstić information content (AvgIpc) is 2.52. The zero-order valence-electron chi connectivity index (χ0n) is 12.2. The fourth-order valence-corrected chi connectivity index (χ4v) is 2.49. The molecule has 1 saturated heterocycles. The Morgan fingerprint density at radius 2 is 2.38 bits per heavy atom. The number of likely N-dealkylation sites (tertiary alicyclic amines) is 1. The van der Waals surface area contributed by atoms with Crippen LogP contribution in [0.15, 0.2) is 18.3 Å². The molecule has 1 aliphatic rings. The SMILES string of the molecule is CCCOC1CCCN(C(=O)c2ccc(C(N)=S)cn2)C1. The lowest BCUT2D eigenvalue weighted by Gasteiger charge is -2.32. The van der Waals surface area contributed by atoms with Crippen LogP contribution in [0.25, 0.3) is 0 Å². The standard InChI is InChI=1S/C15H21N3O2S/c1-2-8-20-12-4-3-7-18(10-12)15(19)13-6-5-11(9-17-13)14(16)21/h5-6,9,12H,2-4,7-8,10H2,1H3,(H2,16,21). The van der Waals surface area contributed by atoms with Gasteiger partial charge >= 0.3 is 0 Å². The number of nitrogens with two attached hydrogens (primary N) is 1. The Morgan fingerprint density at radius 1 is 1.57 bits per heavy atom. The molecule has 1 atom stereocenters. The first-order valence-corrected chi connectivity index (χ1v) is 7.69. The van der Waals surface area contributed by atoms with Crippen LogP contribution < -0.4 is 5.73 Å². The lowest BCUT2D eigenvalue weighted by molar-refractivity contribution is 0.00192. The lowest BCUT2D eigenvalue weighted by Crippen LogP contribution is -2.43. The molecule has 0 aliphatic carbocycles. The van der Waals surface area contributed by atoms with Gasteiger partial charge in [0, 0.05) is 31.5 Å². The number of ether oxygens (including phenoxy) is 1. The fourth-order valence-electron chi connectivity index (χ4n) is 2.37. The van der Waals surface area contributed by atoms with E-state index in [0.29, 0.717) is 17.8 Å². The van der Waals surface area contributed by atoms with Gasteiger partial charge in [-0.3, -0.25) is 9.78 Å². The van der Waals surface area contributed by atoms with Crippen molar-refractivity contribution in [2.75, 3.05) is 19.7 Å². The van der Waals surface area contributed by atoms with Crippen molar-refractivity contribution < 1.29 is 9.53 Å². The van der Waals surface area contributed by atoms with E-state index in [1.807, 2.05) is 4.90 Å². The third kappa shape index (κ3) is 4.22. The second kappa shape index (κ2) is 7.47. The Balaban J connectivity index is 2.00. The van der Waals surface area contributed by atoms with Gasteiger partial charge in [0.25, 0.3) is 5.91 Å². The minimum Gasteiger partial charge on any atom is -0.389 e. The van der Waals surface area contributed by atoms with Crippen molar-refractivity contribution in [1.29, 1.82) is 0 Å². The van der Waals surface area contributed by atoms with E-state index in [0.717, 1.165) is 32.4 Å². The average molecular weight is 307 g/mol. The van der Waals surface area contributed by atoms with Gasteiger partial charge in [-0.25, -0.2) is 0 Å². The van der Waals surface area contributed by atoms with Gasteiger partial charge in [-0.15, -0.1) is 0 Å². The molecule has 0 spiro atoms. The third-order valence-corrected chi connectivity index (χ3v) is 3.73. The first kappa shape index (κ1) is 15.9. The van der Waals surface area contributed by atoms with Crippen molar-refractivity contribution in [3.63, 3.8) is 0 Å². The van der Waals surface area contributed by atoms with Crippen molar-refractivity contribution in [2.24, 2.45) is 5.73 Å². The second-order valence-electron chi connectivity index (χ2n) is 5.18. The largest absolute Gasteiger partial charge is 0.389 e. The van der Waals surface area contributed by atoms with Gasteiger partial charge in [0.15, 0.2) is 0 Å². The van der Waals surface area contributed by atoms with Gasteiger partial charge in [-0.1, -0.05) is 19.1 Å². The number of piperidine rings is 1. The number of nitrogens with zero attached hydrogens (tertiary/aromatic N) is 2. The van der Waals surface area contributed by atoms with E-state index < -0.39 is 0 Å². The quantitative estimate of drug-likeness (QED) is 0.839. The normalized spacial score (nSPS) is 18.5. The molecule has 6 heteroatoms. The Hall–Kier alpha value is -1.53. The summed E-state index contributed by atoms with van der Waals surface area (Å²) in [7, 11) is 0. The summed E-state index contributed by atoms with van der Waals surface area (Å²) in [5.41, 5.74) is 6.62. The van der Waals surface area contributed by atoms with Crippen molar-refractivity contribution in [3.8, 4) is 0 Å². The molecule has 1 fully saturated rings. The van der Waals surface area contributed by atoms with Gasteiger partial charge in [-0.2, -0.15) is 0 Å². The highest BCUT2D eigenvalue weighted by atomic mass is 32.1. The zero-order valence-corrected chi connectivity index (χ0v) is 13.1. The van der Waals surface area contributed by atoms with Crippen molar-refractivity contribution in [1.82, 2.24) is 9.88 Å². The molecule has 0 bridgehead atoms. The number of hydrogen-bond acceptors (Lipinski definition) is 4. The monoisotopic (exact) mass is 307 g/mol. The molecular formula is C15H21N3O2S. The highest BCUT2D eigenvalue weighted by molar-refractivity contribution is 7.80. The van der Waals surface area contributed by atoms with Crippen LogP contribution in [0.5, 0.6) is 0 Å². The molecule has 0 aromatic carbocycles. The number of aromatic nitrogens is 1. The molecule has 0 radical (unpaired) electrons. The molecule has 5 nitrogen and oxygen atoms in total. The maximum absolute atomic E-state index is 12.4. The lowest BCUT2D eigenvalue weighted by atomic mass is 10.1. The highest BCUT2D eigenvalue weighted by Crippen LogP contribution is 2.16. The summed E-state index contributed by atoms with van der Waals surface area (Å²) in [5, 5.41) is 0. The summed E-state index contributed by atoms with van der Waals surface area (Å²) in [6, 6.07) is 3.41. The van der Waals surface area contributed by atoms with Gasteiger partial charge in [-0.05, 0) is 31.4 Å². The molecular weight excluding hydrogens is 286 g/mol. The van der Waals surface area contributed by atoms with E-state index in [9.17, 15) is 4.79 Å². The van der Waals surface area contributed by atoms with Crippen LogP contribution in [0.3, 0.4) is 0 Å². The number of hydrogen-bond donors (Lipinski definition) is 1. The summed E-state index contributed by atoms with van der Waals surface area (Å²) in [6.07, 6.45) is 4.65. The Labute approximate surface area is 130 Å².